The van der Waals surface area contributed by atoms with Crippen LogP contribution in [0.4, 0.5) is 0 Å². The molecule has 0 aromatic carbocycles. The number of hydrogen-bond donors (Lipinski definition) is 2. The van der Waals surface area contributed by atoms with Crippen molar-refractivity contribution in [2.45, 2.75) is 51.9 Å². The van der Waals surface area contributed by atoms with Crippen molar-refractivity contribution in [2.24, 2.45) is 0 Å². The van der Waals surface area contributed by atoms with Crippen LogP contribution in [0.3, 0.4) is 0 Å². The van der Waals surface area contributed by atoms with Gasteiger partial charge in [0.05, 0.1) is 31.6 Å². The van der Waals surface area contributed by atoms with Gasteiger partial charge in [0.25, 0.3) is 0 Å². The van der Waals surface area contributed by atoms with E-state index in [0.29, 0.717) is 12.6 Å². The maximum atomic E-state index is 9.07. The zero-order chi connectivity index (χ0) is 15.5. The molecule has 1 aliphatic carbocycles. The van der Waals surface area contributed by atoms with E-state index < -0.39 is 0 Å². The summed E-state index contributed by atoms with van der Waals surface area (Å²) in [5.41, 5.74) is 3.43. The zero-order valence-corrected chi connectivity index (χ0v) is 13.7. The molecule has 2 N–H and O–H groups in total. The number of aryl methyl sites for hydroxylation is 1. The Morgan fingerprint density at radius 1 is 1.36 bits per heavy atom. The zero-order valence-electron chi connectivity index (χ0n) is 13.7. The van der Waals surface area contributed by atoms with E-state index in [1.165, 1.54) is 18.4 Å². The van der Waals surface area contributed by atoms with Crippen molar-refractivity contribution in [3.63, 3.8) is 0 Å². The number of hydrogen-bond acceptors (Lipinski definition) is 5. The van der Waals surface area contributed by atoms with Gasteiger partial charge in [-0.25, -0.2) is 0 Å². The lowest BCUT2D eigenvalue weighted by atomic mass is 10.2. The summed E-state index contributed by atoms with van der Waals surface area (Å²) >= 11 is 0. The summed E-state index contributed by atoms with van der Waals surface area (Å²) in [6.07, 6.45) is 3.02. The third-order valence-corrected chi connectivity index (χ3v) is 4.75. The highest BCUT2D eigenvalue weighted by atomic mass is 16.5. The molecule has 6 heteroatoms. The summed E-state index contributed by atoms with van der Waals surface area (Å²) in [4.78, 5) is 2.58. The highest BCUT2D eigenvalue weighted by molar-refractivity contribution is 5.24. The van der Waals surface area contributed by atoms with Crippen molar-refractivity contribution in [1.29, 1.82) is 0 Å². The number of ether oxygens (including phenoxy) is 1. The quantitative estimate of drug-likeness (QED) is 0.765. The molecular formula is C16H28N4O2. The van der Waals surface area contributed by atoms with Crippen molar-refractivity contribution in [1.82, 2.24) is 20.0 Å². The maximum absolute atomic E-state index is 9.07. The molecule has 3 rings (SSSR count). The first kappa shape index (κ1) is 15.9. The van der Waals surface area contributed by atoms with E-state index in [2.05, 4.69) is 22.2 Å². The number of rotatable bonds is 7. The molecule has 1 saturated carbocycles. The summed E-state index contributed by atoms with van der Waals surface area (Å²) < 4.78 is 7.76. The molecule has 1 atom stereocenters. The van der Waals surface area contributed by atoms with Gasteiger partial charge in [0.1, 0.15) is 0 Å². The topological polar surface area (TPSA) is 62.5 Å². The molecule has 0 radical (unpaired) electrons. The average Bonchev–Trinajstić information content (AvgIpc) is 3.32. The van der Waals surface area contributed by atoms with Crippen LogP contribution in [0.25, 0.3) is 0 Å². The molecule has 2 aliphatic rings. The van der Waals surface area contributed by atoms with Crippen LogP contribution in [-0.2, 0) is 17.8 Å². The first-order valence-electron chi connectivity index (χ1n) is 8.39. The Bertz CT molecular complexity index is 499. The Labute approximate surface area is 132 Å². The van der Waals surface area contributed by atoms with Crippen LogP contribution in [0.2, 0.25) is 0 Å². The molecular weight excluding hydrogens is 280 g/mol. The maximum Gasteiger partial charge on any atom is 0.0826 e. The highest BCUT2D eigenvalue weighted by Gasteiger charge is 2.32. The first-order chi connectivity index (χ1) is 10.7. The van der Waals surface area contributed by atoms with Gasteiger partial charge in [-0.05, 0) is 26.7 Å². The summed E-state index contributed by atoms with van der Waals surface area (Å²) in [7, 11) is 0. The Morgan fingerprint density at radius 3 is 2.91 bits per heavy atom. The smallest absolute Gasteiger partial charge is 0.0826 e. The molecule has 1 aliphatic heterocycles. The summed E-state index contributed by atoms with van der Waals surface area (Å²) in [6, 6.07) is 0.826. The minimum absolute atomic E-state index is 0.127. The lowest BCUT2D eigenvalue weighted by Gasteiger charge is -2.33. The molecule has 0 unspecified atom stereocenters. The van der Waals surface area contributed by atoms with Crippen molar-refractivity contribution < 1.29 is 9.84 Å². The van der Waals surface area contributed by atoms with Gasteiger partial charge in [-0.1, -0.05) is 0 Å². The van der Waals surface area contributed by atoms with E-state index in [9.17, 15) is 0 Å². The number of nitrogens with one attached hydrogen (secondary N) is 1. The standard InChI is InChI=1S/C16H28N4O2/c1-12-16(13(2)20(18-12)5-7-21)10-17-9-15-11-19(6-8-22-15)14-3-4-14/h14-15,17,21H,3-11H2,1-2H3/t15-/m1/s1. The number of nitrogens with zero attached hydrogens (tertiary/aromatic N) is 3. The molecule has 2 fully saturated rings. The van der Waals surface area contributed by atoms with Gasteiger partial charge in [0.2, 0.25) is 0 Å². The van der Waals surface area contributed by atoms with E-state index in [1.54, 1.807) is 0 Å². The molecule has 1 aromatic rings. The van der Waals surface area contributed by atoms with Gasteiger partial charge < -0.3 is 15.2 Å². The molecule has 1 saturated heterocycles. The third-order valence-electron chi connectivity index (χ3n) is 4.75. The molecule has 0 bridgehead atoms. The Hall–Kier alpha value is -0.950. The predicted octanol–water partition coefficient (Wildman–Crippen LogP) is 0.445. The summed E-state index contributed by atoms with van der Waals surface area (Å²) in [6.45, 7) is 9.49. The fourth-order valence-electron chi connectivity index (χ4n) is 3.30. The molecule has 22 heavy (non-hydrogen) atoms. The Morgan fingerprint density at radius 2 is 2.18 bits per heavy atom. The summed E-state index contributed by atoms with van der Waals surface area (Å²) in [5, 5.41) is 17.1. The van der Waals surface area contributed by atoms with Gasteiger partial charge in [-0.15, -0.1) is 0 Å². The largest absolute Gasteiger partial charge is 0.394 e. The lowest BCUT2D eigenvalue weighted by Crippen LogP contribution is -2.47. The second kappa shape index (κ2) is 7.08. The van der Waals surface area contributed by atoms with Crippen LogP contribution in [0.5, 0.6) is 0 Å². The van der Waals surface area contributed by atoms with Gasteiger partial charge in [0, 0.05) is 43.5 Å². The first-order valence-corrected chi connectivity index (χ1v) is 8.39. The molecule has 1 aromatic heterocycles. The number of morpholine rings is 1. The third kappa shape index (κ3) is 3.68. The molecule has 0 amide bonds. The lowest BCUT2D eigenvalue weighted by molar-refractivity contribution is -0.0301. The van der Waals surface area contributed by atoms with Gasteiger partial charge in [-0.3, -0.25) is 9.58 Å². The van der Waals surface area contributed by atoms with E-state index in [1.807, 2.05) is 11.6 Å². The van der Waals surface area contributed by atoms with Crippen LogP contribution >= 0.6 is 0 Å². The normalized spacial score (nSPS) is 23.1. The fourth-order valence-corrected chi connectivity index (χ4v) is 3.30. The van der Waals surface area contributed by atoms with Crippen LogP contribution in [0, 0.1) is 13.8 Å². The molecule has 0 spiro atoms. The van der Waals surface area contributed by atoms with E-state index in [4.69, 9.17) is 9.84 Å². The Kier molecular flexibility index (Phi) is 5.13. The number of aromatic nitrogens is 2. The van der Waals surface area contributed by atoms with Gasteiger partial charge in [-0.2, -0.15) is 5.10 Å². The second-order valence-corrected chi connectivity index (χ2v) is 6.45. The van der Waals surface area contributed by atoms with Crippen LogP contribution in [0.15, 0.2) is 0 Å². The van der Waals surface area contributed by atoms with Crippen LogP contribution < -0.4 is 5.32 Å². The van der Waals surface area contributed by atoms with Crippen LogP contribution in [-0.4, -0.2) is 64.8 Å². The van der Waals surface area contributed by atoms with E-state index >= 15 is 0 Å². The monoisotopic (exact) mass is 308 g/mol. The van der Waals surface area contributed by atoms with Crippen molar-refractivity contribution in [3.8, 4) is 0 Å². The highest BCUT2D eigenvalue weighted by Crippen LogP contribution is 2.28. The Balaban J connectivity index is 1.48. The fraction of sp³-hybridized carbons (Fsp3) is 0.812. The minimum atomic E-state index is 0.127. The predicted molar refractivity (Wildman–Crippen MR) is 84.8 cm³/mol. The van der Waals surface area contributed by atoms with E-state index in [-0.39, 0.29) is 6.61 Å². The molecule has 124 valence electrons. The van der Waals surface area contributed by atoms with E-state index in [0.717, 1.165) is 50.2 Å². The SMILES string of the molecule is Cc1nn(CCO)c(C)c1CNC[C@@H]1CN(C2CC2)CCO1. The van der Waals surface area contributed by atoms with Gasteiger partial charge in [0.15, 0.2) is 0 Å². The van der Waals surface area contributed by atoms with Crippen molar-refractivity contribution in [2.75, 3.05) is 32.8 Å². The summed E-state index contributed by atoms with van der Waals surface area (Å²) in [5.74, 6) is 0. The molecule has 6 nitrogen and oxygen atoms in total. The number of aliphatic hydroxyl groups is 1. The average molecular weight is 308 g/mol. The second-order valence-electron chi connectivity index (χ2n) is 6.45. The number of aliphatic hydroxyl groups excluding tert-OH is 1. The van der Waals surface area contributed by atoms with Crippen molar-refractivity contribution >= 4 is 0 Å². The molecule has 2 heterocycles. The minimum Gasteiger partial charge on any atom is -0.394 e. The van der Waals surface area contributed by atoms with Gasteiger partial charge >= 0.3 is 0 Å². The van der Waals surface area contributed by atoms with Crippen molar-refractivity contribution in [3.05, 3.63) is 17.0 Å². The van der Waals surface area contributed by atoms with Crippen LogP contribution in [0.1, 0.15) is 29.8 Å².